The zero-order valence-corrected chi connectivity index (χ0v) is 17.0. The van der Waals surface area contributed by atoms with E-state index in [-0.39, 0.29) is 24.0 Å². The van der Waals surface area contributed by atoms with Gasteiger partial charge in [0.2, 0.25) is 0 Å². The third-order valence-corrected chi connectivity index (χ3v) is 4.93. The van der Waals surface area contributed by atoms with Gasteiger partial charge < -0.3 is 15.2 Å². The minimum absolute atomic E-state index is 0. The van der Waals surface area contributed by atoms with Crippen LogP contribution in [-0.2, 0) is 13.0 Å². The maximum atomic E-state index is 4.33. The zero-order valence-electron chi connectivity index (χ0n) is 14.6. The van der Waals surface area contributed by atoms with Crippen molar-refractivity contribution < 1.29 is 0 Å². The van der Waals surface area contributed by atoms with Crippen molar-refractivity contribution in [2.75, 3.05) is 20.1 Å². The van der Waals surface area contributed by atoms with Crippen molar-refractivity contribution in [3.8, 4) is 0 Å². The summed E-state index contributed by atoms with van der Waals surface area (Å²) in [5.41, 5.74) is 0.473. The first kappa shape index (κ1) is 20.2. The summed E-state index contributed by atoms with van der Waals surface area (Å²) < 4.78 is 2.09. The summed E-state index contributed by atoms with van der Waals surface area (Å²) in [6, 6.07) is 0. The molecule has 23 heavy (non-hydrogen) atoms. The Balaban J connectivity index is 0.00000264. The lowest BCUT2D eigenvalue weighted by Crippen LogP contribution is -2.43. The topological polar surface area (TPSA) is 67.1 Å². The summed E-state index contributed by atoms with van der Waals surface area (Å²) in [7, 11) is 1.83. The van der Waals surface area contributed by atoms with E-state index in [9.17, 15) is 0 Å². The maximum Gasteiger partial charge on any atom is 0.191 e. The fraction of sp³-hybridized carbons (Fsp3) is 0.812. The van der Waals surface area contributed by atoms with Crippen molar-refractivity contribution in [2.45, 2.75) is 58.9 Å². The van der Waals surface area contributed by atoms with E-state index >= 15 is 0 Å². The summed E-state index contributed by atoms with van der Waals surface area (Å²) in [5, 5.41) is 15.0. The van der Waals surface area contributed by atoms with Crippen LogP contribution in [-0.4, -0.2) is 40.9 Å². The standard InChI is InChI=1S/C16H30N6.HI/c1-4-14-21-20-13-22(14)11-10-18-15(17-3)19-12-16(5-2)8-6-7-9-16;/h13H,4-12H2,1-3H3,(H2,17,18,19);1H. The summed E-state index contributed by atoms with van der Waals surface area (Å²) >= 11 is 0. The van der Waals surface area contributed by atoms with Crippen LogP contribution in [0.15, 0.2) is 11.3 Å². The van der Waals surface area contributed by atoms with Crippen LogP contribution in [0.1, 0.15) is 51.8 Å². The molecule has 0 aliphatic heterocycles. The minimum Gasteiger partial charge on any atom is -0.356 e. The predicted octanol–water partition coefficient (Wildman–Crippen LogP) is 2.59. The number of halogens is 1. The van der Waals surface area contributed by atoms with Crippen LogP contribution < -0.4 is 10.6 Å². The lowest BCUT2D eigenvalue weighted by molar-refractivity contribution is 0.283. The summed E-state index contributed by atoms with van der Waals surface area (Å²) in [6.07, 6.45) is 9.37. The van der Waals surface area contributed by atoms with E-state index in [1.165, 1.54) is 32.1 Å². The van der Waals surface area contributed by atoms with E-state index in [1.54, 1.807) is 6.33 Å². The van der Waals surface area contributed by atoms with Crippen molar-refractivity contribution in [3.05, 3.63) is 12.2 Å². The molecule has 1 aromatic rings. The number of hydrogen-bond donors (Lipinski definition) is 2. The molecule has 0 amide bonds. The molecule has 1 aliphatic carbocycles. The van der Waals surface area contributed by atoms with E-state index in [1.807, 2.05) is 7.05 Å². The summed E-state index contributed by atoms with van der Waals surface area (Å²) in [6.45, 7) is 7.11. The van der Waals surface area contributed by atoms with Gasteiger partial charge in [0.15, 0.2) is 5.96 Å². The Morgan fingerprint density at radius 3 is 2.65 bits per heavy atom. The first-order chi connectivity index (χ1) is 10.7. The van der Waals surface area contributed by atoms with E-state index in [0.29, 0.717) is 5.41 Å². The number of guanidine groups is 1. The average Bonchev–Trinajstić information content (AvgIpc) is 3.20. The Kier molecular flexibility index (Phi) is 8.86. The summed E-state index contributed by atoms with van der Waals surface area (Å²) in [4.78, 5) is 4.33. The molecule has 6 nitrogen and oxygen atoms in total. The fourth-order valence-corrected chi connectivity index (χ4v) is 3.31. The molecule has 2 rings (SSSR count). The van der Waals surface area contributed by atoms with Crippen molar-refractivity contribution >= 4 is 29.9 Å². The molecule has 0 unspecified atom stereocenters. The lowest BCUT2D eigenvalue weighted by atomic mass is 9.83. The highest BCUT2D eigenvalue weighted by Gasteiger charge is 2.31. The average molecular weight is 434 g/mol. The molecular formula is C16H31IN6. The van der Waals surface area contributed by atoms with Crippen LogP contribution in [0.2, 0.25) is 0 Å². The van der Waals surface area contributed by atoms with Crippen LogP contribution in [0.25, 0.3) is 0 Å². The van der Waals surface area contributed by atoms with E-state index < -0.39 is 0 Å². The fourth-order valence-electron chi connectivity index (χ4n) is 3.31. The Hall–Kier alpha value is -0.860. The van der Waals surface area contributed by atoms with Gasteiger partial charge in [0, 0.05) is 33.1 Å². The smallest absolute Gasteiger partial charge is 0.191 e. The molecule has 0 atom stereocenters. The molecule has 0 aromatic carbocycles. The molecule has 1 saturated carbocycles. The monoisotopic (exact) mass is 434 g/mol. The second-order valence-electron chi connectivity index (χ2n) is 6.21. The van der Waals surface area contributed by atoms with Gasteiger partial charge >= 0.3 is 0 Å². The predicted molar refractivity (Wildman–Crippen MR) is 105 cm³/mol. The van der Waals surface area contributed by atoms with Crippen LogP contribution in [0.4, 0.5) is 0 Å². The number of rotatable bonds is 7. The Bertz CT molecular complexity index is 479. The molecule has 132 valence electrons. The van der Waals surface area contributed by atoms with Crippen LogP contribution in [0.5, 0.6) is 0 Å². The molecule has 0 saturated heterocycles. The highest BCUT2D eigenvalue weighted by Crippen LogP contribution is 2.40. The van der Waals surface area contributed by atoms with Gasteiger partial charge in [-0.25, -0.2) is 0 Å². The molecule has 0 bridgehead atoms. The molecular weight excluding hydrogens is 403 g/mol. The SMILES string of the molecule is CCc1nncn1CCNC(=NC)NCC1(CC)CCCC1.I. The van der Waals surface area contributed by atoms with Crippen LogP contribution in [0, 0.1) is 5.41 Å². The summed E-state index contributed by atoms with van der Waals surface area (Å²) in [5.74, 6) is 1.92. The molecule has 0 radical (unpaired) electrons. The van der Waals surface area contributed by atoms with Crippen molar-refractivity contribution in [1.82, 2.24) is 25.4 Å². The van der Waals surface area contributed by atoms with Crippen molar-refractivity contribution in [1.29, 1.82) is 0 Å². The third-order valence-electron chi connectivity index (χ3n) is 4.93. The lowest BCUT2D eigenvalue weighted by Gasteiger charge is -2.28. The van der Waals surface area contributed by atoms with Gasteiger partial charge in [0.1, 0.15) is 12.2 Å². The van der Waals surface area contributed by atoms with Gasteiger partial charge in [-0.1, -0.05) is 26.7 Å². The molecule has 2 N–H and O–H groups in total. The van der Waals surface area contributed by atoms with Gasteiger partial charge in [-0.05, 0) is 24.7 Å². The highest BCUT2D eigenvalue weighted by molar-refractivity contribution is 14.0. The van der Waals surface area contributed by atoms with Crippen molar-refractivity contribution in [2.24, 2.45) is 10.4 Å². The second-order valence-corrected chi connectivity index (χ2v) is 6.21. The zero-order chi connectivity index (χ0) is 15.8. The molecule has 1 fully saturated rings. The largest absolute Gasteiger partial charge is 0.356 e. The Morgan fingerprint density at radius 1 is 1.30 bits per heavy atom. The number of aliphatic imine (C=N–C) groups is 1. The Morgan fingerprint density at radius 2 is 2.04 bits per heavy atom. The van der Waals surface area contributed by atoms with E-state index in [2.05, 4.69) is 44.2 Å². The Labute approximate surface area is 157 Å². The van der Waals surface area contributed by atoms with Gasteiger partial charge in [-0.15, -0.1) is 34.2 Å². The van der Waals surface area contributed by atoms with Crippen LogP contribution >= 0.6 is 24.0 Å². The molecule has 1 heterocycles. The maximum absolute atomic E-state index is 4.33. The first-order valence-electron chi connectivity index (χ1n) is 8.54. The molecule has 1 aromatic heterocycles. The third kappa shape index (κ3) is 5.61. The molecule has 7 heteroatoms. The van der Waals surface area contributed by atoms with Gasteiger partial charge in [-0.2, -0.15) is 0 Å². The van der Waals surface area contributed by atoms with Crippen molar-refractivity contribution in [3.63, 3.8) is 0 Å². The number of nitrogens with zero attached hydrogens (tertiary/aromatic N) is 4. The second kappa shape index (κ2) is 10.1. The van der Waals surface area contributed by atoms with E-state index in [0.717, 1.165) is 37.8 Å². The highest BCUT2D eigenvalue weighted by atomic mass is 127. The first-order valence-corrected chi connectivity index (χ1v) is 8.54. The normalized spacial score (nSPS) is 16.9. The van der Waals surface area contributed by atoms with Crippen LogP contribution in [0.3, 0.4) is 0 Å². The minimum atomic E-state index is 0. The number of hydrogen-bond acceptors (Lipinski definition) is 3. The quantitative estimate of drug-likeness (QED) is 0.393. The number of aryl methyl sites for hydroxylation is 1. The van der Waals surface area contributed by atoms with Gasteiger partial charge in [0.05, 0.1) is 0 Å². The number of nitrogens with one attached hydrogen (secondary N) is 2. The number of aromatic nitrogens is 3. The van der Waals surface area contributed by atoms with Gasteiger partial charge in [-0.3, -0.25) is 4.99 Å². The molecule has 1 aliphatic rings. The van der Waals surface area contributed by atoms with Gasteiger partial charge in [0.25, 0.3) is 0 Å². The molecule has 0 spiro atoms. The van der Waals surface area contributed by atoms with E-state index in [4.69, 9.17) is 0 Å².